The van der Waals surface area contributed by atoms with Crippen molar-refractivity contribution in [3.63, 3.8) is 0 Å². The number of amides is 2. The highest BCUT2D eigenvalue weighted by molar-refractivity contribution is 9.10. The number of aryl methyl sites for hydroxylation is 1. The fraction of sp³-hybridized carbons (Fsp3) is 0.115. The Morgan fingerprint density at radius 1 is 1.09 bits per heavy atom. The lowest BCUT2D eigenvalue weighted by molar-refractivity contribution is -0.122. The van der Waals surface area contributed by atoms with E-state index in [1.54, 1.807) is 48.5 Å². The van der Waals surface area contributed by atoms with E-state index < -0.39 is 11.8 Å². The van der Waals surface area contributed by atoms with E-state index >= 15 is 0 Å². The van der Waals surface area contributed by atoms with Gasteiger partial charge in [0, 0.05) is 15.6 Å². The van der Waals surface area contributed by atoms with Crippen LogP contribution in [-0.4, -0.2) is 16.9 Å². The Kier molecular flexibility index (Phi) is 7.19. The summed E-state index contributed by atoms with van der Waals surface area (Å²) in [4.78, 5) is 27.3. The summed E-state index contributed by atoms with van der Waals surface area (Å²) >= 11 is 8.68. The summed E-state index contributed by atoms with van der Waals surface area (Å²) in [6, 6.07) is 18.9. The molecule has 1 aliphatic rings. The molecule has 1 saturated heterocycles. The molecule has 172 valence electrons. The number of benzene rings is 3. The van der Waals surface area contributed by atoms with Crippen LogP contribution in [0.3, 0.4) is 0 Å². The zero-order valence-corrected chi connectivity index (χ0v) is 20.6. The first-order valence-electron chi connectivity index (χ1n) is 10.5. The van der Waals surface area contributed by atoms with Crippen molar-refractivity contribution in [3.8, 4) is 5.75 Å². The maximum Gasteiger partial charge on any atom is 0.270 e. The van der Waals surface area contributed by atoms with Crippen molar-refractivity contribution in [1.29, 1.82) is 0 Å². The van der Waals surface area contributed by atoms with Crippen LogP contribution in [0, 0.1) is 5.82 Å². The van der Waals surface area contributed by atoms with Gasteiger partial charge in [-0.05, 0) is 66.7 Å². The Labute approximate surface area is 210 Å². The number of thiocarbonyl (C=S) groups is 1. The van der Waals surface area contributed by atoms with E-state index in [0.29, 0.717) is 22.6 Å². The van der Waals surface area contributed by atoms with Crippen LogP contribution in [0.4, 0.5) is 10.1 Å². The molecular formula is C26H20BrFN2O3S. The van der Waals surface area contributed by atoms with Crippen LogP contribution in [0.2, 0.25) is 0 Å². The summed E-state index contributed by atoms with van der Waals surface area (Å²) in [7, 11) is 0. The molecule has 0 saturated carbocycles. The van der Waals surface area contributed by atoms with E-state index in [9.17, 15) is 14.0 Å². The molecule has 0 bridgehead atoms. The van der Waals surface area contributed by atoms with Crippen molar-refractivity contribution >= 4 is 56.8 Å². The molecule has 3 aromatic carbocycles. The molecule has 0 spiro atoms. The van der Waals surface area contributed by atoms with E-state index in [1.807, 2.05) is 19.1 Å². The lowest BCUT2D eigenvalue weighted by Gasteiger charge is -2.29. The van der Waals surface area contributed by atoms with Gasteiger partial charge in [-0.2, -0.15) is 0 Å². The zero-order chi connectivity index (χ0) is 24.2. The maximum atomic E-state index is 14.0. The first-order valence-corrected chi connectivity index (χ1v) is 11.7. The topological polar surface area (TPSA) is 58.6 Å². The van der Waals surface area contributed by atoms with Gasteiger partial charge in [0.1, 0.15) is 23.7 Å². The van der Waals surface area contributed by atoms with Gasteiger partial charge in [-0.1, -0.05) is 53.2 Å². The third-order valence-electron chi connectivity index (χ3n) is 5.32. The number of carbonyl (C=O) groups is 2. The standard InChI is InChI=1S/C26H20BrFN2O3S/c1-2-16-7-10-20(11-8-16)30-25(32)21(24(31)29-26(30)34)14-18-13-19(27)9-12-23(18)33-15-17-5-3-4-6-22(17)28/h3-14H,2,15H2,1H3,(H,29,31,34)/b21-14+. The Morgan fingerprint density at radius 3 is 2.53 bits per heavy atom. The third-order valence-corrected chi connectivity index (χ3v) is 6.10. The predicted octanol–water partition coefficient (Wildman–Crippen LogP) is 5.56. The highest BCUT2D eigenvalue weighted by Gasteiger charge is 2.34. The van der Waals surface area contributed by atoms with E-state index in [1.165, 1.54) is 17.0 Å². The smallest absolute Gasteiger partial charge is 0.270 e. The molecule has 2 amide bonds. The van der Waals surface area contributed by atoms with Gasteiger partial charge >= 0.3 is 0 Å². The monoisotopic (exact) mass is 538 g/mol. The average molecular weight is 539 g/mol. The fourth-order valence-corrected chi connectivity index (χ4v) is 4.12. The van der Waals surface area contributed by atoms with Crippen molar-refractivity contribution in [2.45, 2.75) is 20.0 Å². The number of carbonyl (C=O) groups excluding carboxylic acids is 2. The van der Waals surface area contributed by atoms with Crippen molar-refractivity contribution < 1.29 is 18.7 Å². The Hall–Kier alpha value is -3.36. The maximum absolute atomic E-state index is 14.0. The van der Waals surface area contributed by atoms with E-state index in [4.69, 9.17) is 17.0 Å². The first kappa shape index (κ1) is 23.8. The highest BCUT2D eigenvalue weighted by Crippen LogP contribution is 2.29. The number of halogens is 2. The largest absolute Gasteiger partial charge is 0.488 e. The van der Waals surface area contributed by atoms with Gasteiger partial charge in [-0.15, -0.1) is 0 Å². The molecule has 1 N–H and O–H groups in total. The number of hydrogen-bond donors (Lipinski definition) is 1. The summed E-state index contributed by atoms with van der Waals surface area (Å²) in [6.07, 6.45) is 2.31. The normalized spacial score (nSPS) is 15.0. The van der Waals surface area contributed by atoms with Crippen molar-refractivity contribution in [1.82, 2.24) is 5.32 Å². The summed E-state index contributed by atoms with van der Waals surface area (Å²) in [6.45, 7) is 2.03. The molecule has 1 fully saturated rings. The average Bonchev–Trinajstić information content (AvgIpc) is 2.82. The van der Waals surface area contributed by atoms with Gasteiger partial charge in [0.2, 0.25) is 0 Å². The second kappa shape index (κ2) is 10.3. The van der Waals surface area contributed by atoms with Crippen molar-refractivity contribution in [2.24, 2.45) is 0 Å². The Bertz CT molecular complexity index is 1310. The minimum atomic E-state index is -0.601. The van der Waals surface area contributed by atoms with Gasteiger partial charge < -0.3 is 4.74 Å². The molecule has 3 aromatic rings. The Morgan fingerprint density at radius 2 is 1.82 bits per heavy atom. The lowest BCUT2D eigenvalue weighted by atomic mass is 10.1. The predicted molar refractivity (Wildman–Crippen MR) is 137 cm³/mol. The quantitative estimate of drug-likeness (QED) is 0.253. The summed E-state index contributed by atoms with van der Waals surface area (Å²) in [5.41, 5.74) is 2.45. The number of ether oxygens (including phenoxy) is 1. The number of nitrogens with zero attached hydrogens (tertiary/aromatic N) is 1. The van der Waals surface area contributed by atoms with Gasteiger partial charge in [-0.25, -0.2) is 4.39 Å². The number of hydrogen-bond acceptors (Lipinski definition) is 4. The van der Waals surface area contributed by atoms with Crippen LogP contribution in [0.25, 0.3) is 6.08 Å². The minimum absolute atomic E-state index is 0.00932. The molecule has 5 nitrogen and oxygen atoms in total. The van der Waals surface area contributed by atoms with Gasteiger partial charge in [0.15, 0.2) is 5.11 Å². The second-order valence-corrected chi connectivity index (χ2v) is 8.84. The second-order valence-electron chi connectivity index (χ2n) is 7.54. The molecular weight excluding hydrogens is 519 g/mol. The molecule has 34 heavy (non-hydrogen) atoms. The fourth-order valence-electron chi connectivity index (χ4n) is 3.46. The molecule has 0 atom stereocenters. The van der Waals surface area contributed by atoms with Crippen LogP contribution in [0.5, 0.6) is 5.75 Å². The van der Waals surface area contributed by atoms with Crippen LogP contribution in [-0.2, 0) is 22.6 Å². The molecule has 8 heteroatoms. The van der Waals surface area contributed by atoms with Gasteiger partial charge in [-0.3, -0.25) is 19.8 Å². The molecule has 0 unspecified atom stereocenters. The van der Waals surface area contributed by atoms with E-state index in [0.717, 1.165) is 16.5 Å². The molecule has 0 aromatic heterocycles. The third kappa shape index (κ3) is 5.08. The summed E-state index contributed by atoms with van der Waals surface area (Å²) < 4.78 is 20.6. The van der Waals surface area contributed by atoms with E-state index in [2.05, 4.69) is 21.2 Å². The SMILES string of the molecule is CCc1ccc(N2C(=O)/C(=C/c3cc(Br)ccc3OCc3ccccc3F)C(=O)NC2=S)cc1. The van der Waals surface area contributed by atoms with Crippen LogP contribution < -0.4 is 15.0 Å². The van der Waals surface area contributed by atoms with Gasteiger partial charge in [0.25, 0.3) is 11.8 Å². The van der Waals surface area contributed by atoms with Gasteiger partial charge in [0.05, 0.1) is 5.69 Å². The molecule has 1 heterocycles. The summed E-state index contributed by atoms with van der Waals surface area (Å²) in [5.74, 6) is -1.12. The van der Waals surface area contributed by atoms with Crippen LogP contribution in [0.1, 0.15) is 23.6 Å². The molecule has 0 radical (unpaired) electrons. The number of anilines is 1. The van der Waals surface area contributed by atoms with E-state index in [-0.39, 0.29) is 23.1 Å². The summed E-state index contributed by atoms with van der Waals surface area (Å²) in [5, 5.41) is 2.60. The molecule has 4 rings (SSSR count). The number of nitrogens with one attached hydrogen (secondary N) is 1. The van der Waals surface area contributed by atoms with Crippen molar-refractivity contribution in [3.05, 3.63) is 99.3 Å². The first-order chi connectivity index (χ1) is 16.4. The van der Waals surface area contributed by atoms with Crippen LogP contribution in [0.15, 0.2) is 76.8 Å². The molecule has 0 aliphatic carbocycles. The Balaban J connectivity index is 1.67. The van der Waals surface area contributed by atoms with Crippen molar-refractivity contribution in [2.75, 3.05) is 4.90 Å². The highest BCUT2D eigenvalue weighted by atomic mass is 79.9. The minimum Gasteiger partial charge on any atom is -0.488 e. The number of rotatable bonds is 6. The lowest BCUT2D eigenvalue weighted by Crippen LogP contribution is -2.54. The van der Waals surface area contributed by atoms with Crippen LogP contribution >= 0.6 is 28.1 Å². The zero-order valence-electron chi connectivity index (χ0n) is 18.2. The molecule has 1 aliphatic heterocycles.